The number of nitrogens with zero attached hydrogens (tertiary/aromatic N) is 1. The molecule has 138 valence electrons. The molecule has 1 saturated heterocycles. The third-order valence-corrected chi connectivity index (χ3v) is 5.63. The molecular formula is C18H18FIN2O4. The topological polar surface area (TPSA) is 83.6 Å². The lowest BCUT2D eigenvalue weighted by Gasteiger charge is -2.20. The number of unbranched alkanes of at least 4 members (excludes halogenated alkanes) is 2. The SMILES string of the molecule is O=C1CCC(CCCCCN2C(=O)c3cc(F)c(I)cc3C2=O)C(=O)N1. The second kappa shape index (κ2) is 7.81. The normalized spacial score (nSPS) is 19.8. The standard InChI is InChI=1S/C18H18FIN2O4/c19-13-8-11-12(9-14(13)20)18(26)22(17(11)25)7-3-1-2-4-10-5-6-15(23)21-16(10)24/h8-10H,1-7H2,(H,21,23,24). The lowest BCUT2D eigenvalue weighted by Crippen LogP contribution is -2.40. The van der Waals surface area contributed by atoms with Gasteiger partial charge in [0, 0.05) is 22.5 Å². The summed E-state index contributed by atoms with van der Waals surface area (Å²) < 4.78 is 14.0. The van der Waals surface area contributed by atoms with Gasteiger partial charge in [-0.25, -0.2) is 4.39 Å². The van der Waals surface area contributed by atoms with Crippen molar-refractivity contribution >= 4 is 46.2 Å². The Hall–Kier alpha value is -1.84. The van der Waals surface area contributed by atoms with Crippen LogP contribution in [0.2, 0.25) is 0 Å². The molecule has 1 fully saturated rings. The fourth-order valence-corrected chi connectivity index (χ4v) is 3.81. The fraction of sp³-hybridized carbons (Fsp3) is 0.444. The van der Waals surface area contributed by atoms with Crippen molar-refractivity contribution in [1.29, 1.82) is 0 Å². The molecule has 0 radical (unpaired) electrons. The van der Waals surface area contributed by atoms with Gasteiger partial charge in [-0.1, -0.05) is 12.8 Å². The van der Waals surface area contributed by atoms with Gasteiger partial charge in [0.25, 0.3) is 11.8 Å². The first-order chi connectivity index (χ1) is 12.4. The van der Waals surface area contributed by atoms with Crippen LogP contribution in [0.15, 0.2) is 12.1 Å². The Morgan fingerprint density at radius 3 is 2.46 bits per heavy atom. The highest BCUT2D eigenvalue weighted by molar-refractivity contribution is 14.1. The van der Waals surface area contributed by atoms with Crippen molar-refractivity contribution < 1.29 is 23.6 Å². The van der Waals surface area contributed by atoms with E-state index in [9.17, 15) is 23.6 Å². The van der Waals surface area contributed by atoms with Gasteiger partial charge >= 0.3 is 0 Å². The molecule has 4 amide bonds. The molecule has 6 nitrogen and oxygen atoms in total. The predicted molar refractivity (Wildman–Crippen MR) is 98.8 cm³/mol. The number of benzene rings is 1. The average molecular weight is 472 g/mol. The monoisotopic (exact) mass is 472 g/mol. The van der Waals surface area contributed by atoms with Crippen LogP contribution >= 0.6 is 22.6 Å². The van der Waals surface area contributed by atoms with E-state index in [4.69, 9.17) is 0 Å². The molecule has 0 spiro atoms. The van der Waals surface area contributed by atoms with Crippen LogP contribution in [0, 0.1) is 15.3 Å². The summed E-state index contributed by atoms with van der Waals surface area (Å²) in [6.07, 6.45) is 3.80. The molecule has 0 saturated carbocycles. The van der Waals surface area contributed by atoms with Gasteiger partial charge in [-0.2, -0.15) is 0 Å². The molecule has 0 bridgehead atoms. The first kappa shape index (κ1) is 18.9. The number of carbonyl (C=O) groups is 4. The summed E-state index contributed by atoms with van der Waals surface area (Å²) in [6.45, 7) is 0.278. The van der Waals surface area contributed by atoms with E-state index in [-0.39, 0.29) is 41.3 Å². The zero-order valence-corrected chi connectivity index (χ0v) is 16.2. The molecule has 3 rings (SSSR count). The minimum Gasteiger partial charge on any atom is -0.296 e. The molecule has 1 N–H and O–H groups in total. The molecule has 1 aromatic carbocycles. The Kier molecular flexibility index (Phi) is 5.69. The van der Waals surface area contributed by atoms with Crippen LogP contribution < -0.4 is 5.32 Å². The van der Waals surface area contributed by atoms with E-state index in [0.29, 0.717) is 29.3 Å². The number of nitrogens with one attached hydrogen (secondary N) is 1. The molecule has 1 aromatic rings. The Balaban J connectivity index is 1.47. The second-order valence-corrected chi connectivity index (χ2v) is 7.73. The van der Waals surface area contributed by atoms with Gasteiger partial charge in [0.1, 0.15) is 5.82 Å². The van der Waals surface area contributed by atoms with Crippen molar-refractivity contribution in [3.63, 3.8) is 0 Å². The van der Waals surface area contributed by atoms with Gasteiger partial charge in [0.15, 0.2) is 0 Å². The highest BCUT2D eigenvalue weighted by Crippen LogP contribution is 2.27. The summed E-state index contributed by atoms with van der Waals surface area (Å²) in [4.78, 5) is 48.6. The number of hydrogen-bond donors (Lipinski definition) is 1. The molecule has 2 aliphatic rings. The zero-order valence-electron chi connectivity index (χ0n) is 14.0. The van der Waals surface area contributed by atoms with Gasteiger partial charge in [0.2, 0.25) is 11.8 Å². The summed E-state index contributed by atoms with van der Waals surface area (Å²) in [5, 5.41) is 2.34. The van der Waals surface area contributed by atoms with Gasteiger partial charge in [0.05, 0.1) is 11.1 Å². The smallest absolute Gasteiger partial charge is 0.261 e. The van der Waals surface area contributed by atoms with Crippen LogP contribution in [0.5, 0.6) is 0 Å². The molecule has 2 aliphatic heterocycles. The minimum absolute atomic E-state index is 0.122. The summed E-state index contributed by atoms with van der Waals surface area (Å²) in [5.41, 5.74) is 0.376. The highest BCUT2D eigenvalue weighted by atomic mass is 127. The van der Waals surface area contributed by atoms with Crippen LogP contribution in [0.3, 0.4) is 0 Å². The Bertz CT molecular complexity index is 755. The van der Waals surface area contributed by atoms with Crippen LogP contribution in [-0.4, -0.2) is 35.1 Å². The van der Waals surface area contributed by atoms with E-state index in [1.54, 1.807) is 22.6 Å². The quantitative estimate of drug-likeness (QED) is 0.392. The van der Waals surface area contributed by atoms with Crippen LogP contribution in [0.1, 0.15) is 59.2 Å². The number of imide groups is 2. The lowest BCUT2D eigenvalue weighted by molar-refractivity contribution is -0.136. The molecular weight excluding hydrogens is 454 g/mol. The third kappa shape index (κ3) is 3.79. The van der Waals surface area contributed by atoms with Gasteiger partial charge in [-0.15, -0.1) is 0 Å². The van der Waals surface area contributed by atoms with Crippen molar-refractivity contribution in [2.24, 2.45) is 5.92 Å². The number of piperidine rings is 1. The van der Waals surface area contributed by atoms with E-state index in [1.807, 2.05) is 0 Å². The maximum absolute atomic E-state index is 13.6. The highest BCUT2D eigenvalue weighted by Gasteiger charge is 2.36. The van der Waals surface area contributed by atoms with Gasteiger partial charge < -0.3 is 0 Å². The number of hydrogen-bond acceptors (Lipinski definition) is 4. The lowest BCUT2D eigenvalue weighted by atomic mass is 9.92. The number of carbonyl (C=O) groups excluding carboxylic acids is 4. The Labute approximate surface area is 163 Å². The molecule has 0 aromatic heterocycles. The molecule has 26 heavy (non-hydrogen) atoms. The summed E-state index contributed by atoms with van der Waals surface area (Å²) in [6, 6.07) is 2.54. The molecule has 1 atom stereocenters. The number of amides is 4. The summed E-state index contributed by atoms with van der Waals surface area (Å²) in [5.74, 6) is -1.91. The number of rotatable bonds is 6. The van der Waals surface area contributed by atoms with Crippen molar-refractivity contribution in [2.75, 3.05) is 6.54 Å². The first-order valence-corrected chi connectivity index (χ1v) is 9.65. The van der Waals surface area contributed by atoms with Crippen molar-refractivity contribution in [3.05, 3.63) is 32.6 Å². The van der Waals surface area contributed by atoms with E-state index in [0.717, 1.165) is 23.8 Å². The molecule has 2 heterocycles. The average Bonchev–Trinajstić information content (AvgIpc) is 2.81. The van der Waals surface area contributed by atoms with E-state index < -0.39 is 11.7 Å². The van der Waals surface area contributed by atoms with E-state index >= 15 is 0 Å². The number of fused-ring (bicyclic) bond motifs is 1. The largest absolute Gasteiger partial charge is 0.296 e. The fourth-order valence-electron chi connectivity index (χ4n) is 3.34. The predicted octanol–water partition coefficient (Wildman–Crippen LogP) is 2.64. The molecule has 0 aliphatic carbocycles. The van der Waals surface area contributed by atoms with Crippen molar-refractivity contribution in [3.8, 4) is 0 Å². The third-order valence-electron chi connectivity index (χ3n) is 4.80. The maximum Gasteiger partial charge on any atom is 0.261 e. The zero-order chi connectivity index (χ0) is 18.8. The van der Waals surface area contributed by atoms with Crippen LogP contribution in [0.25, 0.3) is 0 Å². The second-order valence-electron chi connectivity index (χ2n) is 6.57. The van der Waals surface area contributed by atoms with E-state index in [1.165, 1.54) is 6.07 Å². The Morgan fingerprint density at radius 2 is 1.77 bits per heavy atom. The Morgan fingerprint density at radius 1 is 1.08 bits per heavy atom. The van der Waals surface area contributed by atoms with Crippen molar-refractivity contribution in [1.82, 2.24) is 10.2 Å². The van der Waals surface area contributed by atoms with Gasteiger partial charge in [-0.3, -0.25) is 29.4 Å². The molecule has 1 unspecified atom stereocenters. The minimum atomic E-state index is -0.503. The maximum atomic E-state index is 13.6. The van der Waals surface area contributed by atoms with Crippen LogP contribution in [-0.2, 0) is 9.59 Å². The van der Waals surface area contributed by atoms with E-state index in [2.05, 4.69) is 5.32 Å². The first-order valence-electron chi connectivity index (χ1n) is 8.57. The summed E-state index contributed by atoms with van der Waals surface area (Å²) >= 11 is 1.79. The number of halogens is 2. The summed E-state index contributed by atoms with van der Waals surface area (Å²) in [7, 11) is 0. The van der Waals surface area contributed by atoms with Crippen LogP contribution in [0.4, 0.5) is 4.39 Å². The van der Waals surface area contributed by atoms with Crippen molar-refractivity contribution in [2.45, 2.75) is 38.5 Å². The molecule has 8 heteroatoms. The van der Waals surface area contributed by atoms with Gasteiger partial charge in [-0.05, 0) is 54.0 Å².